The van der Waals surface area contributed by atoms with Gasteiger partial charge in [0, 0.05) is 34.5 Å². The molecule has 1 aromatic rings. The molecule has 4 heterocycles. The molecule has 8 nitrogen and oxygen atoms in total. The maximum absolute atomic E-state index is 14.2. The highest BCUT2D eigenvalue weighted by molar-refractivity contribution is 6.02. The fraction of sp³-hybridized carbons (Fsp3) is 0.811. The van der Waals surface area contributed by atoms with Crippen LogP contribution >= 0.6 is 0 Å². The third kappa shape index (κ3) is 3.11. The lowest BCUT2D eigenvalue weighted by Crippen LogP contribution is -2.77. The van der Waals surface area contributed by atoms with Crippen LogP contribution in [0.25, 0.3) is 0 Å². The summed E-state index contributed by atoms with van der Waals surface area (Å²) in [6.07, 6.45) is 2.11. The van der Waals surface area contributed by atoms with Gasteiger partial charge >= 0.3 is 0 Å². The second-order valence-corrected chi connectivity index (χ2v) is 18.2. The molecule has 8 heteroatoms. The minimum absolute atomic E-state index is 0.113. The molecule has 45 heavy (non-hydrogen) atoms. The molecular weight excluding hydrogens is 570 g/mol. The Hall–Kier alpha value is -1.55. The van der Waals surface area contributed by atoms with Gasteiger partial charge in [0.05, 0.1) is 28.8 Å². The van der Waals surface area contributed by atoms with E-state index in [1.165, 1.54) is 11.1 Å². The number of ether oxygens (including phenoxy) is 3. The van der Waals surface area contributed by atoms with Crippen molar-refractivity contribution in [2.24, 2.45) is 28.6 Å². The van der Waals surface area contributed by atoms with E-state index in [9.17, 15) is 20.1 Å². The van der Waals surface area contributed by atoms with Crippen LogP contribution < -0.4 is 5.32 Å². The first kappa shape index (κ1) is 29.6. The number of ketones is 1. The molecule has 4 N–H and O–H groups in total. The molecule has 12 unspecified atom stereocenters. The van der Waals surface area contributed by atoms with Gasteiger partial charge in [0.25, 0.3) is 0 Å². The van der Waals surface area contributed by atoms with Crippen LogP contribution in [0.4, 0.5) is 5.69 Å². The quantitative estimate of drug-likeness (QED) is 0.338. The van der Waals surface area contributed by atoms with Crippen LogP contribution in [0.3, 0.4) is 0 Å². The molecule has 1 spiro atoms. The molecule has 6 fully saturated rings. The lowest BCUT2D eigenvalue weighted by atomic mass is 9.40. The summed E-state index contributed by atoms with van der Waals surface area (Å²) in [5.41, 5.74) is -0.475. The fourth-order valence-electron chi connectivity index (χ4n) is 13.3. The predicted octanol–water partition coefficient (Wildman–Crippen LogP) is 4.51. The molecule has 0 amide bonds. The van der Waals surface area contributed by atoms with Crippen LogP contribution in [0.2, 0.25) is 0 Å². The zero-order chi connectivity index (χ0) is 32.1. The van der Waals surface area contributed by atoms with Gasteiger partial charge in [0.1, 0.15) is 23.9 Å². The number of carbonyl (C=O) groups is 1. The molecule has 3 saturated heterocycles. The van der Waals surface area contributed by atoms with Gasteiger partial charge in [0.2, 0.25) is 0 Å². The number of epoxide rings is 1. The van der Waals surface area contributed by atoms with Crippen LogP contribution in [0.1, 0.15) is 115 Å². The Bertz CT molecular complexity index is 1530. The number of carbonyl (C=O) groups excluding carboxylic acids is 1. The van der Waals surface area contributed by atoms with Crippen molar-refractivity contribution < 1.29 is 34.3 Å². The minimum atomic E-state index is -1.22. The summed E-state index contributed by atoms with van der Waals surface area (Å²) in [4.78, 5) is 14.2. The molecule has 1 aromatic carbocycles. The van der Waals surface area contributed by atoms with Crippen molar-refractivity contribution >= 4 is 11.5 Å². The number of rotatable bonds is 1. The summed E-state index contributed by atoms with van der Waals surface area (Å²) < 4.78 is 19.5. The van der Waals surface area contributed by atoms with E-state index in [1.54, 1.807) is 13.8 Å². The van der Waals surface area contributed by atoms with Crippen LogP contribution in [-0.2, 0) is 20.6 Å². The Morgan fingerprint density at radius 3 is 2.47 bits per heavy atom. The zero-order valence-electron chi connectivity index (χ0n) is 28.1. The fourth-order valence-corrected chi connectivity index (χ4v) is 13.3. The Morgan fingerprint density at radius 1 is 1.02 bits per heavy atom. The molecule has 0 bridgehead atoms. The SMILES string of the molecule is CC(C)(O)C1OC2CCC3(C)C4(C)C(CCC3(O)C23OC3C1O)CC1c2c(ccc3c2CC2[C@H](C3=O)C(C)(C)OC2(C)C)NC14. The first-order valence-electron chi connectivity index (χ1n) is 17.5. The molecule has 4 aliphatic carbocycles. The van der Waals surface area contributed by atoms with Crippen LogP contribution in [0, 0.1) is 28.6 Å². The Balaban J connectivity index is 1.10. The van der Waals surface area contributed by atoms with E-state index in [2.05, 4.69) is 52.9 Å². The topological polar surface area (TPSA) is 121 Å². The lowest BCUT2D eigenvalue weighted by molar-refractivity contribution is -0.292. The number of fused-ring (bicyclic) bond motifs is 10. The largest absolute Gasteiger partial charge is 0.388 e. The number of nitrogens with one attached hydrogen (secondary N) is 1. The molecule has 3 saturated carbocycles. The van der Waals surface area contributed by atoms with E-state index in [-0.39, 0.29) is 46.7 Å². The lowest BCUT2D eigenvalue weighted by Gasteiger charge is -2.67. The molecule has 8 aliphatic rings. The van der Waals surface area contributed by atoms with E-state index in [4.69, 9.17) is 14.2 Å². The normalized spacial score (nSPS) is 52.7. The summed E-state index contributed by atoms with van der Waals surface area (Å²) in [5, 5.41) is 39.2. The average molecular weight is 622 g/mol. The van der Waals surface area contributed by atoms with Crippen LogP contribution in [0.15, 0.2) is 12.1 Å². The molecule has 0 aromatic heterocycles. The van der Waals surface area contributed by atoms with Gasteiger partial charge in [-0.3, -0.25) is 4.79 Å². The average Bonchev–Trinajstić information content (AvgIpc) is 3.44. The second kappa shape index (κ2) is 8.18. The predicted molar refractivity (Wildman–Crippen MR) is 167 cm³/mol. The second-order valence-electron chi connectivity index (χ2n) is 18.2. The number of hydrogen-bond acceptors (Lipinski definition) is 8. The third-order valence-electron chi connectivity index (χ3n) is 15.3. The minimum Gasteiger partial charge on any atom is -0.388 e. The number of aliphatic hydroxyl groups is 3. The van der Waals surface area contributed by atoms with Crippen molar-refractivity contribution in [1.82, 2.24) is 0 Å². The van der Waals surface area contributed by atoms with Gasteiger partial charge in [-0.1, -0.05) is 13.8 Å². The van der Waals surface area contributed by atoms with Gasteiger partial charge in [-0.25, -0.2) is 0 Å². The summed E-state index contributed by atoms with van der Waals surface area (Å²) in [5.74, 6) is 0.858. The first-order valence-corrected chi connectivity index (χ1v) is 17.5. The van der Waals surface area contributed by atoms with Gasteiger partial charge in [-0.15, -0.1) is 0 Å². The highest BCUT2D eigenvalue weighted by Crippen LogP contribution is 2.78. The maximum atomic E-state index is 14.2. The Labute approximate surface area is 266 Å². The number of hydrogen-bond donors (Lipinski definition) is 4. The van der Waals surface area contributed by atoms with E-state index >= 15 is 0 Å². The molecule has 9 rings (SSSR count). The highest BCUT2D eigenvalue weighted by atomic mass is 16.7. The van der Waals surface area contributed by atoms with E-state index in [0.29, 0.717) is 18.8 Å². The molecular formula is C37H51NO7. The van der Waals surface area contributed by atoms with Crippen molar-refractivity contribution in [3.63, 3.8) is 0 Å². The van der Waals surface area contributed by atoms with Gasteiger partial charge < -0.3 is 34.8 Å². The summed E-state index contributed by atoms with van der Waals surface area (Å²) in [6, 6.07) is 4.29. The number of benzene rings is 1. The molecule has 4 aliphatic heterocycles. The summed E-state index contributed by atoms with van der Waals surface area (Å²) in [6.45, 7) is 16.4. The van der Waals surface area contributed by atoms with Gasteiger partial charge in [-0.2, -0.15) is 0 Å². The Kier molecular flexibility index (Phi) is 5.37. The van der Waals surface area contributed by atoms with Crippen molar-refractivity contribution in [3.8, 4) is 0 Å². The smallest absolute Gasteiger partial charge is 0.169 e. The van der Waals surface area contributed by atoms with Crippen molar-refractivity contribution in [3.05, 3.63) is 28.8 Å². The van der Waals surface area contributed by atoms with Crippen molar-refractivity contribution in [2.45, 2.75) is 158 Å². The monoisotopic (exact) mass is 621 g/mol. The maximum Gasteiger partial charge on any atom is 0.169 e. The molecule has 246 valence electrons. The third-order valence-corrected chi connectivity index (χ3v) is 15.3. The first-order chi connectivity index (χ1) is 20.8. The van der Waals surface area contributed by atoms with Crippen LogP contribution in [0.5, 0.6) is 0 Å². The molecule has 13 atom stereocenters. The van der Waals surface area contributed by atoms with E-state index in [1.807, 2.05) is 6.07 Å². The van der Waals surface area contributed by atoms with E-state index in [0.717, 1.165) is 36.9 Å². The van der Waals surface area contributed by atoms with Gasteiger partial charge in [0.15, 0.2) is 11.4 Å². The van der Waals surface area contributed by atoms with Gasteiger partial charge in [-0.05, 0) is 115 Å². The van der Waals surface area contributed by atoms with E-state index < -0.39 is 46.1 Å². The van der Waals surface area contributed by atoms with Crippen LogP contribution in [-0.4, -0.2) is 79.6 Å². The number of Topliss-reactive ketones (excluding diaryl/α,β-unsaturated/α-hetero) is 1. The zero-order valence-corrected chi connectivity index (χ0v) is 28.1. The Morgan fingerprint density at radius 2 is 1.76 bits per heavy atom. The summed E-state index contributed by atoms with van der Waals surface area (Å²) in [7, 11) is 0. The molecule has 0 radical (unpaired) electrons. The van der Waals surface area contributed by atoms with Crippen molar-refractivity contribution in [1.29, 1.82) is 0 Å². The standard InChI is InChI=1S/C37H51NO7/c1-31(2,41)29-27(40)30-37(44-30)23(43-29)12-13-34(7)35(8)17(11-14-36(34,37)42)15-20-24-19-16-21-25(33(5,6)45-32(21,3)4)26(39)18(19)9-10-22(24)38-28(20)35/h9-10,17,20-21,23,25,27-30,38,40-42H,11-16H2,1-8H3/t17?,20?,21?,23?,25-,27?,28?,29?,30?,34?,35?,36?,37?/m1/s1. The number of aliphatic hydroxyl groups excluding tert-OH is 1. The summed E-state index contributed by atoms with van der Waals surface area (Å²) >= 11 is 0. The number of anilines is 1. The highest BCUT2D eigenvalue weighted by Gasteiger charge is 2.87. The van der Waals surface area contributed by atoms with Crippen molar-refractivity contribution in [2.75, 3.05) is 5.32 Å².